The maximum Gasteiger partial charge on any atom is 0.272 e. The summed E-state index contributed by atoms with van der Waals surface area (Å²) in [4.78, 5) is 16.6. The molecule has 2 aromatic rings. The Balaban J connectivity index is 2.36. The van der Waals surface area contributed by atoms with Crippen LogP contribution in [-0.4, -0.2) is 15.3 Å². The van der Waals surface area contributed by atoms with E-state index in [1.54, 1.807) is 16.3 Å². The molecule has 98 valence electrons. The topological polar surface area (TPSA) is 37.8 Å². The van der Waals surface area contributed by atoms with E-state index in [0.717, 1.165) is 39.6 Å². The Hall–Kier alpha value is -1.33. The van der Waals surface area contributed by atoms with Crippen molar-refractivity contribution >= 4 is 24.0 Å². The minimum absolute atomic E-state index is 0.00921. The predicted octanol–water partition coefficient (Wildman–Crippen LogP) is 3.16. The summed E-state index contributed by atoms with van der Waals surface area (Å²) >= 11 is 6.97. The standard InChI is InChI=1S/C14H14N2OS2/c1-8-4-3-5-11(9(8)2)16-13(17)12-10(6-7-19-12)15-14(16)18/h3-5H,6-7H2,1-2H3,(H,15,18). The first-order valence-electron chi connectivity index (χ1n) is 6.17. The van der Waals surface area contributed by atoms with E-state index in [1.807, 2.05) is 32.0 Å². The Morgan fingerprint density at radius 3 is 2.95 bits per heavy atom. The van der Waals surface area contributed by atoms with Crippen LogP contribution in [0.3, 0.4) is 0 Å². The first kappa shape index (κ1) is 12.7. The van der Waals surface area contributed by atoms with E-state index in [9.17, 15) is 4.79 Å². The summed E-state index contributed by atoms with van der Waals surface area (Å²) in [6.07, 6.45) is 0.895. The van der Waals surface area contributed by atoms with Gasteiger partial charge < -0.3 is 4.98 Å². The Bertz CT molecular complexity index is 774. The lowest BCUT2D eigenvalue weighted by atomic mass is 10.1. The lowest BCUT2D eigenvalue weighted by Crippen LogP contribution is -2.23. The van der Waals surface area contributed by atoms with Crippen molar-refractivity contribution in [3.05, 3.63) is 50.1 Å². The highest BCUT2D eigenvalue weighted by molar-refractivity contribution is 7.99. The van der Waals surface area contributed by atoms with E-state index in [1.165, 1.54) is 0 Å². The highest BCUT2D eigenvalue weighted by atomic mass is 32.2. The molecule has 1 aliphatic rings. The van der Waals surface area contributed by atoms with Crippen LogP contribution >= 0.6 is 24.0 Å². The van der Waals surface area contributed by atoms with E-state index in [0.29, 0.717) is 4.77 Å². The number of H-pyrrole nitrogens is 1. The average molecular weight is 290 g/mol. The first-order valence-corrected chi connectivity index (χ1v) is 7.56. The Labute approximate surface area is 120 Å². The van der Waals surface area contributed by atoms with Crippen LogP contribution in [0, 0.1) is 18.6 Å². The fraction of sp³-hybridized carbons (Fsp3) is 0.286. The third-order valence-electron chi connectivity index (χ3n) is 3.55. The van der Waals surface area contributed by atoms with Crippen LogP contribution in [-0.2, 0) is 6.42 Å². The summed E-state index contributed by atoms with van der Waals surface area (Å²) in [5.74, 6) is 0.951. The summed E-state index contributed by atoms with van der Waals surface area (Å²) in [5.41, 5.74) is 4.12. The highest BCUT2D eigenvalue weighted by Gasteiger charge is 2.19. The number of rotatable bonds is 1. The van der Waals surface area contributed by atoms with Crippen LogP contribution in [0.2, 0.25) is 0 Å². The Morgan fingerprint density at radius 2 is 2.16 bits per heavy atom. The van der Waals surface area contributed by atoms with Crippen molar-refractivity contribution in [2.75, 3.05) is 5.75 Å². The van der Waals surface area contributed by atoms with E-state index in [4.69, 9.17) is 12.2 Å². The molecule has 0 unspecified atom stereocenters. The molecule has 0 amide bonds. The maximum absolute atomic E-state index is 12.6. The zero-order chi connectivity index (χ0) is 13.6. The van der Waals surface area contributed by atoms with Crippen LogP contribution in [0.4, 0.5) is 0 Å². The first-order chi connectivity index (χ1) is 9.09. The minimum atomic E-state index is 0.00921. The van der Waals surface area contributed by atoms with Gasteiger partial charge in [0.25, 0.3) is 5.56 Å². The molecule has 19 heavy (non-hydrogen) atoms. The number of hydrogen-bond donors (Lipinski definition) is 1. The van der Waals surface area contributed by atoms with Gasteiger partial charge in [-0.3, -0.25) is 9.36 Å². The summed E-state index contributed by atoms with van der Waals surface area (Å²) in [6, 6.07) is 5.94. The molecule has 3 rings (SSSR count). The van der Waals surface area contributed by atoms with Crippen molar-refractivity contribution in [2.45, 2.75) is 25.2 Å². The number of fused-ring (bicyclic) bond motifs is 1. The van der Waals surface area contributed by atoms with Crippen LogP contribution in [0.15, 0.2) is 27.9 Å². The lowest BCUT2D eigenvalue weighted by molar-refractivity contribution is 0.829. The molecule has 1 aromatic carbocycles. The largest absolute Gasteiger partial charge is 0.334 e. The number of hydrogen-bond acceptors (Lipinski definition) is 3. The molecular weight excluding hydrogens is 276 g/mol. The number of aromatic nitrogens is 2. The lowest BCUT2D eigenvalue weighted by Gasteiger charge is -2.12. The fourth-order valence-corrected chi connectivity index (χ4v) is 3.70. The monoisotopic (exact) mass is 290 g/mol. The SMILES string of the molecule is Cc1cccc(-n2c(=S)[nH]c3c(c2=O)SCC3)c1C. The number of aryl methyl sites for hydroxylation is 2. The summed E-state index contributed by atoms with van der Waals surface area (Å²) in [7, 11) is 0. The normalized spacial score (nSPS) is 13.6. The summed E-state index contributed by atoms with van der Waals surface area (Å²) < 4.78 is 2.11. The molecule has 0 spiro atoms. The Morgan fingerprint density at radius 1 is 1.37 bits per heavy atom. The van der Waals surface area contributed by atoms with Crippen LogP contribution in [0.1, 0.15) is 16.8 Å². The van der Waals surface area contributed by atoms with Gasteiger partial charge in [0.1, 0.15) is 0 Å². The molecule has 0 aliphatic carbocycles. The second-order valence-corrected chi connectivity index (χ2v) is 6.19. The van der Waals surface area contributed by atoms with Crippen molar-refractivity contribution in [2.24, 2.45) is 0 Å². The number of benzene rings is 1. The fourth-order valence-electron chi connectivity index (χ4n) is 2.34. The second kappa shape index (κ2) is 4.65. The predicted molar refractivity (Wildman–Crippen MR) is 81.1 cm³/mol. The molecule has 1 N–H and O–H groups in total. The minimum Gasteiger partial charge on any atom is -0.334 e. The molecule has 1 aliphatic heterocycles. The van der Waals surface area contributed by atoms with Gasteiger partial charge in [-0.2, -0.15) is 0 Å². The van der Waals surface area contributed by atoms with Crippen molar-refractivity contribution in [1.29, 1.82) is 0 Å². The zero-order valence-electron chi connectivity index (χ0n) is 10.8. The van der Waals surface area contributed by atoms with Crippen LogP contribution in [0.5, 0.6) is 0 Å². The summed E-state index contributed by atoms with van der Waals surface area (Å²) in [6.45, 7) is 4.06. The molecule has 0 fully saturated rings. The molecule has 0 bridgehead atoms. The van der Waals surface area contributed by atoms with Crippen molar-refractivity contribution < 1.29 is 0 Å². The van der Waals surface area contributed by atoms with Gasteiger partial charge in [-0.1, -0.05) is 12.1 Å². The third-order valence-corrected chi connectivity index (χ3v) is 4.95. The average Bonchev–Trinajstić information content (AvgIpc) is 2.82. The van der Waals surface area contributed by atoms with E-state index < -0.39 is 0 Å². The Kier molecular flexibility index (Phi) is 3.11. The van der Waals surface area contributed by atoms with Gasteiger partial charge in [0.15, 0.2) is 4.77 Å². The molecule has 0 radical (unpaired) electrons. The molecule has 2 heterocycles. The highest BCUT2D eigenvalue weighted by Crippen LogP contribution is 2.27. The van der Waals surface area contributed by atoms with E-state index >= 15 is 0 Å². The summed E-state index contributed by atoms with van der Waals surface area (Å²) in [5, 5.41) is 0. The number of nitrogens with zero attached hydrogens (tertiary/aromatic N) is 1. The van der Waals surface area contributed by atoms with E-state index in [2.05, 4.69) is 4.98 Å². The molecule has 1 aromatic heterocycles. The molecule has 5 heteroatoms. The van der Waals surface area contributed by atoms with Crippen LogP contribution < -0.4 is 5.56 Å². The van der Waals surface area contributed by atoms with Gasteiger partial charge in [0, 0.05) is 11.4 Å². The second-order valence-electron chi connectivity index (χ2n) is 4.70. The van der Waals surface area contributed by atoms with Gasteiger partial charge in [0.2, 0.25) is 0 Å². The van der Waals surface area contributed by atoms with Gasteiger partial charge in [-0.05, 0) is 49.7 Å². The van der Waals surface area contributed by atoms with Crippen molar-refractivity contribution in [3.8, 4) is 5.69 Å². The van der Waals surface area contributed by atoms with Gasteiger partial charge in [-0.25, -0.2) is 0 Å². The maximum atomic E-state index is 12.6. The molecule has 3 nitrogen and oxygen atoms in total. The van der Waals surface area contributed by atoms with Crippen LogP contribution in [0.25, 0.3) is 5.69 Å². The quantitative estimate of drug-likeness (QED) is 0.820. The van der Waals surface area contributed by atoms with E-state index in [-0.39, 0.29) is 5.56 Å². The zero-order valence-corrected chi connectivity index (χ0v) is 12.5. The number of nitrogens with one attached hydrogen (secondary N) is 1. The number of thioether (sulfide) groups is 1. The molecule has 0 atom stereocenters. The smallest absolute Gasteiger partial charge is 0.272 e. The van der Waals surface area contributed by atoms with Crippen molar-refractivity contribution in [3.63, 3.8) is 0 Å². The van der Waals surface area contributed by atoms with Gasteiger partial charge in [-0.15, -0.1) is 11.8 Å². The molecule has 0 saturated carbocycles. The molecule has 0 saturated heterocycles. The van der Waals surface area contributed by atoms with Gasteiger partial charge >= 0.3 is 0 Å². The van der Waals surface area contributed by atoms with Crippen molar-refractivity contribution in [1.82, 2.24) is 9.55 Å². The number of aromatic amines is 1. The molecular formula is C14H14N2OS2. The third kappa shape index (κ3) is 1.97. The van der Waals surface area contributed by atoms with Gasteiger partial charge in [0.05, 0.1) is 10.6 Å².